The first kappa shape index (κ1) is 16.8. The molecule has 1 aromatic heterocycles. The second-order valence-electron chi connectivity index (χ2n) is 5.95. The molecule has 1 N–H and O–H groups in total. The number of carbonyl (C=O) groups excluding carboxylic acids is 1. The van der Waals surface area contributed by atoms with E-state index in [1.54, 1.807) is 24.7 Å². The molecular formula is C18H22N2O3S. The van der Waals surface area contributed by atoms with Gasteiger partial charge in [-0.3, -0.25) is 4.21 Å². The lowest BCUT2D eigenvalue weighted by Gasteiger charge is -2.29. The highest BCUT2D eigenvalue weighted by Gasteiger charge is 2.29. The summed E-state index contributed by atoms with van der Waals surface area (Å²) >= 11 is 0. The third-order valence-electron chi connectivity index (χ3n) is 4.32. The average Bonchev–Trinajstić information content (AvgIpc) is 2.99. The highest BCUT2D eigenvalue weighted by molar-refractivity contribution is 7.84. The van der Waals surface area contributed by atoms with E-state index in [9.17, 15) is 9.00 Å². The molecule has 2 aromatic rings. The van der Waals surface area contributed by atoms with Gasteiger partial charge in [-0.1, -0.05) is 25.0 Å². The van der Waals surface area contributed by atoms with Crippen LogP contribution < -0.4 is 5.32 Å². The Hall–Kier alpha value is -2.08. The number of nitrogens with zero attached hydrogens (tertiary/aromatic N) is 1. The lowest BCUT2D eigenvalue weighted by molar-refractivity contribution is 0.179. The van der Waals surface area contributed by atoms with Crippen molar-refractivity contribution in [2.24, 2.45) is 0 Å². The van der Waals surface area contributed by atoms with Crippen molar-refractivity contribution in [3.05, 3.63) is 48.4 Å². The SMILES string of the molecule is CS(=O)c1ccccc1NC(=O)N1CCCCCC1c1ccco1. The Morgan fingerprint density at radius 2 is 2.04 bits per heavy atom. The monoisotopic (exact) mass is 346 g/mol. The minimum absolute atomic E-state index is 0.0539. The Morgan fingerprint density at radius 3 is 2.79 bits per heavy atom. The largest absolute Gasteiger partial charge is 0.467 e. The average molecular weight is 346 g/mol. The van der Waals surface area contributed by atoms with E-state index < -0.39 is 10.8 Å². The van der Waals surface area contributed by atoms with Gasteiger partial charge in [0.2, 0.25) is 0 Å². The Bertz CT molecular complexity index is 715. The summed E-state index contributed by atoms with van der Waals surface area (Å²) in [4.78, 5) is 15.3. The Morgan fingerprint density at radius 1 is 1.21 bits per heavy atom. The molecule has 2 atom stereocenters. The van der Waals surface area contributed by atoms with Gasteiger partial charge in [-0.15, -0.1) is 0 Å². The van der Waals surface area contributed by atoms with Crippen LogP contribution in [0.25, 0.3) is 0 Å². The molecular weight excluding hydrogens is 324 g/mol. The number of carbonyl (C=O) groups is 1. The fourth-order valence-electron chi connectivity index (χ4n) is 3.14. The maximum Gasteiger partial charge on any atom is 0.322 e. The molecule has 0 aliphatic carbocycles. The summed E-state index contributed by atoms with van der Waals surface area (Å²) in [5.41, 5.74) is 0.603. The number of nitrogens with one attached hydrogen (secondary N) is 1. The second-order valence-corrected chi connectivity index (χ2v) is 7.30. The first-order valence-corrected chi connectivity index (χ1v) is 9.76. The molecule has 1 aliphatic rings. The van der Waals surface area contributed by atoms with Gasteiger partial charge in [0.15, 0.2) is 0 Å². The van der Waals surface area contributed by atoms with Gasteiger partial charge in [-0.2, -0.15) is 0 Å². The maximum absolute atomic E-state index is 12.9. The predicted molar refractivity (Wildman–Crippen MR) is 94.4 cm³/mol. The van der Waals surface area contributed by atoms with Crippen molar-refractivity contribution in [1.82, 2.24) is 4.90 Å². The molecule has 0 saturated carbocycles. The fourth-order valence-corrected chi connectivity index (χ4v) is 3.83. The zero-order chi connectivity index (χ0) is 16.9. The van der Waals surface area contributed by atoms with Crippen molar-refractivity contribution >= 4 is 22.5 Å². The molecule has 1 fully saturated rings. The summed E-state index contributed by atoms with van der Waals surface area (Å²) < 4.78 is 17.4. The van der Waals surface area contributed by atoms with E-state index in [0.29, 0.717) is 17.1 Å². The van der Waals surface area contributed by atoms with E-state index in [1.807, 2.05) is 29.2 Å². The van der Waals surface area contributed by atoms with Crippen molar-refractivity contribution in [3.8, 4) is 0 Å². The Balaban J connectivity index is 1.83. The summed E-state index contributed by atoms with van der Waals surface area (Å²) in [6, 6.07) is 10.8. The highest BCUT2D eigenvalue weighted by atomic mass is 32.2. The van der Waals surface area contributed by atoms with Gasteiger partial charge in [-0.05, 0) is 37.1 Å². The normalized spacial score (nSPS) is 19.5. The maximum atomic E-state index is 12.9. The van der Waals surface area contributed by atoms with Gasteiger partial charge in [0, 0.05) is 12.8 Å². The van der Waals surface area contributed by atoms with Gasteiger partial charge in [0.1, 0.15) is 5.76 Å². The number of para-hydroxylation sites is 1. The van der Waals surface area contributed by atoms with Crippen LogP contribution in [0, 0.1) is 0 Å². The van der Waals surface area contributed by atoms with Gasteiger partial charge in [0.25, 0.3) is 0 Å². The smallest absolute Gasteiger partial charge is 0.322 e. The molecule has 2 unspecified atom stereocenters. The number of hydrogen-bond donors (Lipinski definition) is 1. The van der Waals surface area contributed by atoms with Crippen LogP contribution in [0.15, 0.2) is 52.0 Å². The standard InChI is InChI=1S/C18H22N2O3S/c1-24(22)17-11-5-4-8-14(17)19-18(21)20-12-6-2-3-9-15(20)16-10-7-13-23-16/h4-5,7-8,10-11,13,15H,2-3,6,9,12H2,1H3,(H,19,21). The number of hydrogen-bond acceptors (Lipinski definition) is 3. The van der Waals surface area contributed by atoms with Crippen LogP contribution in [0.2, 0.25) is 0 Å². The minimum atomic E-state index is -1.16. The van der Waals surface area contributed by atoms with Crippen LogP contribution in [0.5, 0.6) is 0 Å². The van der Waals surface area contributed by atoms with Crippen LogP contribution in [0.3, 0.4) is 0 Å². The van der Waals surface area contributed by atoms with Crippen molar-refractivity contribution in [2.75, 3.05) is 18.1 Å². The number of amides is 2. The molecule has 0 spiro atoms. The van der Waals surface area contributed by atoms with E-state index in [-0.39, 0.29) is 12.1 Å². The number of benzene rings is 1. The van der Waals surface area contributed by atoms with Crippen LogP contribution >= 0.6 is 0 Å². The second kappa shape index (κ2) is 7.66. The number of furan rings is 1. The molecule has 128 valence electrons. The number of rotatable bonds is 3. The van der Waals surface area contributed by atoms with E-state index >= 15 is 0 Å². The van der Waals surface area contributed by atoms with Gasteiger partial charge in [-0.25, -0.2) is 4.79 Å². The predicted octanol–water partition coefficient (Wildman–Crippen LogP) is 4.17. The molecule has 6 heteroatoms. The van der Waals surface area contributed by atoms with Gasteiger partial charge in [0.05, 0.1) is 33.7 Å². The molecule has 3 rings (SSSR count). The summed E-state index contributed by atoms with van der Waals surface area (Å²) in [5, 5.41) is 2.93. The summed E-state index contributed by atoms with van der Waals surface area (Å²) in [5.74, 6) is 0.819. The minimum Gasteiger partial charge on any atom is -0.467 e. The molecule has 2 heterocycles. The summed E-state index contributed by atoms with van der Waals surface area (Å²) in [6.07, 6.45) is 7.31. The lowest BCUT2D eigenvalue weighted by atomic mass is 10.1. The summed E-state index contributed by atoms with van der Waals surface area (Å²) in [6.45, 7) is 0.689. The van der Waals surface area contributed by atoms with E-state index in [2.05, 4.69) is 5.32 Å². The first-order chi connectivity index (χ1) is 11.7. The van der Waals surface area contributed by atoms with E-state index in [1.165, 1.54) is 0 Å². The van der Waals surface area contributed by atoms with Crippen LogP contribution in [0.1, 0.15) is 37.5 Å². The zero-order valence-corrected chi connectivity index (χ0v) is 14.6. The third-order valence-corrected chi connectivity index (χ3v) is 5.30. The Labute approximate surface area is 144 Å². The molecule has 1 aromatic carbocycles. The van der Waals surface area contributed by atoms with E-state index in [0.717, 1.165) is 31.4 Å². The Kier molecular flexibility index (Phi) is 5.35. The van der Waals surface area contributed by atoms with Crippen LogP contribution in [0.4, 0.5) is 10.5 Å². The topological polar surface area (TPSA) is 62.6 Å². The van der Waals surface area contributed by atoms with Gasteiger partial charge >= 0.3 is 6.03 Å². The van der Waals surface area contributed by atoms with Crippen molar-refractivity contribution in [1.29, 1.82) is 0 Å². The molecule has 24 heavy (non-hydrogen) atoms. The lowest BCUT2D eigenvalue weighted by Crippen LogP contribution is -2.38. The van der Waals surface area contributed by atoms with Gasteiger partial charge < -0.3 is 14.6 Å². The number of urea groups is 1. The van der Waals surface area contributed by atoms with Crippen LogP contribution in [-0.4, -0.2) is 27.9 Å². The molecule has 0 bridgehead atoms. The third kappa shape index (κ3) is 3.70. The zero-order valence-electron chi connectivity index (χ0n) is 13.7. The van der Waals surface area contributed by atoms with Crippen molar-refractivity contribution < 1.29 is 13.4 Å². The summed E-state index contributed by atoms with van der Waals surface area (Å²) in [7, 11) is -1.16. The van der Waals surface area contributed by atoms with Crippen molar-refractivity contribution in [2.45, 2.75) is 36.6 Å². The molecule has 1 saturated heterocycles. The van der Waals surface area contributed by atoms with Crippen molar-refractivity contribution in [3.63, 3.8) is 0 Å². The fraction of sp³-hybridized carbons (Fsp3) is 0.389. The molecule has 5 nitrogen and oxygen atoms in total. The molecule has 1 aliphatic heterocycles. The molecule has 2 amide bonds. The molecule has 0 radical (unpaired) electrons. The quantitative estimate of drug-likeness (QED) is 0.907. The van der Waals surface area contributed by atoms with E-state index in [4.69, 9.17) is 4.42 Å². The van der Waals surface area contributed by atoms with Crippen LogP contribution in [-0.2, 0) is 10.8 Å². The number of anilines is 1. The highest BCUT2D eigenvalue weighted by Crippen LogP contribution is 2.31. The first-order valence-electron chi connectivity index (χ1n) is 8.20. The number of likely N-dealkylation sites (tertiary alicyclic amines) is 1.